The lowest BCUT2D eigenvalue weighted by Gasteiger charge is -2.18. The standard InChI is InChI=1S/C44H84O6/c1-7-40(6)32-26-20-16-17-22-28-34-43(46)49-37-41(50-44(47)35-29-23-15-11-13-19-25-31-39(4)5)36-48-42(45)33-27-21-14-10-8-9-12-18-24-30-38(2)3/h38-41H,7-37H2,1-6H3/t40?,41-/m1/s1. The number of unbranched alkanes of at least 4 members (excludes halogenated alkanes) is 19. The first-order valence-corrected chi connectivity index (χ1v) is 21.6. The summed E-state index contributed by atoms with van der Waals surface area (Å²) >= 11 is 0. The molecule has 0 saturated heterocycles. The molecule has 50 heavy (non-hydrogen) atoms. The van der Waals surface area contributed by atoms with E-state index in [1.165, 1.54) is 109 Å². The summed E-state index contributed by atoms with van der Waals surface area (Å²) in [6.07, 6.45) is 31.0. The van der Waals surface area contributed by atoms with Crippen molar-refractivity contribution in [3.63, 3.8) is 0 Å². The number of esters is 3. The van der Waals surface area contributed by atoms with Gasteiger partial charge in [0.25, 0.3) is 0 Å². The zero-order valence-corrected chi connectivity index (χ0v) is 34.2. The van der Waals surface area contributed by atoms with Crippen molar-refractivity contribution < 1.29 is 28.6 Å². The molecular weight excluding hydrogens is 624 g/mol. The minimum Gasteiger partial charge on any atom is -0.462 e. The van der Waals surface area contributed by atoms with Crippen LogP contribution >= 0.6 is 0 Å². The van der Waals surface area contributed by atoms with Crippen LogP contribution < -0.4 is 0 Å². The second kappa shape index (κ2) is 35.8. The molecule has 0 aliphatic carbocycles. The van der Waals surface area contributed by atoms with Gasteiger partial charge in [-0.2, -0.15) is 0 Å². The van der Waals surface area contributed by atoms with Crippen LogP contribution in [0.5, 0.6) is 0 Å². The van der Waals surface area contributed by atoms with Gasteiger partial charge >= 0.3 is 17.9 Å². The van der Waals surface area contributed by atoms with E-state index in [9.17, 15) is 14.4 Å². The van der Waals surface area contributed by atoms with Gasteiger partial charge in [0.05, 0.1) is 0 Å². The van der Waals surface area contributed by atoms with Crippen molar-refractivity contribution in [3.8, 4) is 0 Å². The van der Waals surface area contributed by atoms with Crippen molar-refractivity contribution in [2.75, 3.05) is 13.2 Å². The van der Waals surface area contributed by atoms with Gasteiger partial charge in [-0.05, 0) is 37.0 Å². The average Bonchev–Trinajstić information content (AvgIpc) is 3.08. The summed E-state index contributed by atoms with van der Waals surface area (Å²) in [7, 11) is 0. The maximum atomic E-state index is 12.6. The van der Waals surface area contributed by atoms with E-state index in [1.54, 1.807) is 0 Å². The Morgan fingerprint density at radius 3 is 1.04 bits per heavy atom. The van der Waals surface area contributed by atoms with E-state index in [0.29, 0.717) is 19.3 Å². The van der Waals surface area contributed by atoms with Crippen molar-refractivity contribution >= 4 is 17.9 Å². The minimum absolute atomic E-state index is 0.0678. The lowest BCUT2D eigenvalue weighted by atomic mass is 10.00. The summed E-state index contributed by atoms with van der Waals surface area (Å²) in [6, 6.07) is 0. The largest absolute Gasteiger partial charge is 0.462 e. The molecule has 0 saturated carbocycles. The third-order valence-electron chi connectivity index (χ3n) is 10.0. The van der Waals surface area contributed by atoms with Gasteiger partial charge in [0.1, 0.15) is 13.2 Å². The van der Waals surface area contributed by atoms with E-state index in [0.717, 1.165) is 75.5 Å². The Labute approximate surface area is 310 Å². The monoisotopic (exact) mass is 709 g/mol. The van der Waals surface area contributed by atoms with Crippen LogP contribution in [-0.2, 0) is 28.6 Å². The van der Waals surface area contributed by atoms with Crippen LogP contribution in [-0.4, -0.2) is 37.2 Å². The third kappa shape index (κ3) is 36.2. The quantitative estimate of drug-likeness (QED) is 0.0363. The Hall–Kier alpha value is -1.59. The minimum atomic E-state index is -0.762. The van der Waals surface area contributed by atoms with E-state index >= 15 is 0 Å². The smallest absolute Gasteiger partial charge is 0.306 e. The van der Waals surface area contributed by atoms with Crippen LogP contribution in [0.4, 0.5) is 0 Å². The Kier molecular flexibility index (Phi) is 34.7. The number of hydrogen-bond donors (Lipinski definition) is 0. The maximum Gasteiger partial charge on any atom is 0.306 e. The molecule has 0 fully saturated rings. The molecule has 0 radical (unpaired) electrons. The zero-order chi connectivity index (χ0) is 37.1. The SMILES string of the molecule is CCC(C)CCCCCCCCC(=O)OC[C@@H](COC(=O)CCCCCCCCCCCC(C)C)OC(=O)CCCCCCCCCC(C)C. The Bertz CT molecular complexity index is 778. The Balaban J connectivity index is 4.36. The van der Waals surface area contributed by atoms with Gasteiger partial charge in [0.2, 0.25) is 0 Å². The van der Waals surface area contributed by atoms with E-state index in [-0.39, 0.29) is 31.1 Å². The van der Waals surface area contributed by atoms with Crippen molar-refractivity contribution in [1.82, 2.24) is 0 Å². The van der Waals surface area contributed by atoms with Gasteiger partial charge in [-0.3, -0.25) is 14.4 Å². The summed E-state index contributed by atoms with van der Waals surface area (Å²) in [4.78, 5) is 37.6. The Morgan fingerprint density at radius 2 is 0.700 bits per heavy atom. The number of ether oxygens (including phenoxy) is 3. The summed E-state index contributed by atoms with van der Waals surface area (Å²) in [5, 5.41) is 0. The number of hydrogen-bond acceptors (Lipinski definition) is 6. The lowest BCUT2D eigenvalue weighted by molar-refractivity contribution is -0.167. The highest BCUT2D eigenvalue weighted by Gasteiger charge is 2.19. The molecule has 0 amide bonds. The summed E-state index contributed by atoms with van der Waals surface area (Å²) in [6.45, 7) is 13.6. The molecule has 0 rings (SSSR count). The second-order valence-electron chi connectivity index (χ2n) is 16.2. The van der Waals surface area contributed by atoms with Crippen molar-refractivity contribution in [2.45, 2.75) is 234 Å². The Morgan fingerprint density at radius 1 is 0.400 bits per heavy atom. The fourth-order valence-corrected chi connectivity index (χ4v) is 6.32. The molecule has 0 aliphatic rings. The molecule has 6 nitrogen and oxygen atoms in total. The number of carbonyl (C=O) groups is 3. The molecule has 0 heterocycles. The maximum absolute atomic E-state index is 12.6. The van der Waals surface area contributed by atoms with Gasteiger partial charge in [-0.1, -0.05) is 189 Å². The number of carbonyl (C=O) groups excluding carboxylic acids is 3. The molecule has 0 aromatic heterocycles. The fourth-order valence-electron chi connectivity index (χ4n) is 6.32. The molecule has 0 spiro atoms. The highest BCUT2D eigenvalue weighted by molar-refractivity contribution is 5.71. The number of rotatable bonds is 37. The average molecular weight is 709 g/mol. The molecule has 0 bridgehead atoms. The molecule has 1 unspecified atom stereocenters. The van der Waals surface area contributed by atoms with Gasteiger partial charge in [-0.15, -0.1) is 0 Å². The molecule has 6 heteroatoms. The van der Waals surface area contributed by atoms with Crippen molar-refractivity contribution in [1.29, 1.82) is 0 Å². The fraction of sp³-hybridized carbons (Fsp3) is 0.932. The van der Waals surface area contributed by atoms with Gasteiger partial charge in [-0.25, -0.2) is 0 Å². The topological polar surface area (TPSA) is 78.9 Å². The van der Waals surface area contributed by atoms with Crippen LogP contribution in [0.15, 0.2) is 0 Å². The first kappa shape index (κ1) is 48.4. The highest BCUT2D eigenvalue weighted by atomic mass is 16.6. The lowest BCUT2D eigenvalue weighted by Crippen LogP contribution is -2.30. The first-order valence-electron chi connectivity index (χ1n) is 21.6. The zero-order valence-electron chi connectivity index (χ0n) is 34.2. The van der Waals surface area contributed by atoms with Crippen LogP contribution in [0, 0.1) is 17.8 Å². The predicted molar refractivity (Wildman–Crippen MR) is 210 cm³/mol. The van der Waals surface area contributed by atoms with Gasteiger partial charge < -0.3 is 14.2 Å². The van der Waals surface area contributed by atoms with E-state index < -0.39 is 6.10 Å². The predicted octanol–water partition coefficient (Wildman–Crippen LogP) is 13.3. The molecule has 0 aromatic rings. The third-order valence-corrected chi connectivity index (χ3v) is 10.0. The van der Waals surface area contributed by atoms with Crippen LogP contribution in [0.1, 0.15) is 228 Å². The molecular formula is C44H84O6. The summed E-state index contributed by atoms with van der Waals surface area (Å²) < 4.78 is 16.7. The molecule has 2 atom stereocenters. The van der Waals surface area contributed by atoms with E-state index in [4.69, 9.17) is 14.2 Å². The van der Waals surface area contributed by atoms with Crippen molar-refractivity contribution in [2.24, 2.45) is 17.8 Å². The molecule has 0 aliphatic heterocycles. The van der Waals surface area contributed by atoms with Crippen LogP contribution in [0.2, 0.25) is 0 Å². The summed E-state index contributed by atoms with van der Waals surface area (Å²) in [5.41, 5.74) is 0. The van der Waals surface area contributed by atoms with E-state index in [1.807, 2.05) is 0 Å². The molecule has 0 N–H and O–H groups in total. The second-order valence-corrected chi connectivity index (χ2v) is 16.2. The van der Waals surface area contributed by atoms with E-state index in [2.05, 4.69) is 41.5 Å². The summed E-state index contributed by atoms with van der Waals surface area (Å²) in [5.74, 6) is 1.53. The van der Waals surface area contributed by atoms with Gasteiger partial charge in [0, 0.05) is 19.3 Å². The highest BCUT2D eigenvalue weighted by Crippen LogP contribution is 2.17. The van der Waals surface area contributed by atoms with Crippen LogP contribution in [0.3, 0.4) is 0 Å². The van der Waals surface area contributed by atoms with Gasteiger partial charge in [0.15, 0.2) is 6.10 Å². The molecule has 296 valence electrons. The van der Waals surface area contributed by atoms with Crippen LogP contribution in [0.25, 0.3) is 0 Å². The first-order chi connectivity index (χ1) is 24.1. The normalized spacial score (nSPS) is 12.7. The molecule has 0 aromatic carbocycles. The van der Waals surface area contributed by atoms with Crippen molar-refractivity contribution in [3.05, 3.63) is 0 Å².